The average molecular weight is 278 g/mol. The molecule has 1 aromatic heterocycles. The van der Waals surface area contributed by atoms with E-state index in [2.05, 4.69) is 21.0 Å². The topological polar surface area (TPSA) is 41.7 Å². The van der Waals surface area contributed by atoms with E-state index in [1.807, 2.05) is 38.2 Å². The molecule has 1 N–H and O–H groups in total. The fourth-order valence-electron chi connectivity index (χ4n) is 1.54. The molecular formula is C12H12BrN3. The number of aromatic nitrogens is 2. The summed E-state index contributed by atoms with van der Waals surface area (Å²) < 4.78 is 2.76. The summed E-state index contributed by atoms with van der Waals surface area (Å²) in [6.07, 6.45) is 1.73. The van der Waals surface area contributed by atoms with E-state index in [1.165, 1.54) is 0 Å². The molecule has 3 nitrogen and oxygen atoms in total. The lowest BCUT2D eigenvalue weighted by Crippen LogP contribution is -2.03. The minimum atomic E-state index is 0.506. The highest BCUT2D eigenvalue weighted by atomic mass is 79.9. The molecule has 82 valence electrons. The van der Waals surface area contributed by atoms with E-state index in [9.17, 15) is 0 Å². The first kappa shape index (κ1) is 11.1. The highest BCUT2D eigenvalue weighted by Crippen LogP contribution is 2.17. The first-order chi connectivity index (χ1) is 7.59. The molecule has 0 spiro atoms. The van der Waals surface area contributed by atoms with E-state index in [0.29, 0.717) is 5.71 Å². The second-order valence-corrected chi connectivity index (χ2v) is 4.57. The quantitative estimate of drug-likeness (QED) is 0.843. The van der Waals surface area contributed by atoms with Crippen molar-refractivity contribution in [3.8, 4) is 0 Å². The molecule has 0 aliphatic carbocycles. The molecule has 1 aromatic carbocycles. The van der Waals surface area contributed by atoms with Gasteiger partial charge in [0.05, 0.1) is 11.9 Å². The number of nitrogens with zero attached hydrogens (tertiary/aromatic N) is 2. The van der Waals surface area contributed by atoms with Crippen molar-refractivity contribution in [2.45, 2.75) is 6.92 Å². The fraction of sp³-hybridized carbons (Fsp3) is 0.167. The van der Waals surface area contributed by atoms with Gasteiger partial charge in [0.15, 0.2) is 0 Å². The maximum atomic E-state index is 8.15. The zero-order valence-corrected chi connectivity index (χ0v) is 10.7. The van der Waals surface area contributed by atoms with Crippen LogP contribution in [0.3, 0.4) is 0 Å². The van der Waals surface area contributed by atoms with E-state index in [4.69, 9.17) is 5.41 Å². The van der Waals surface area contributed by atoms with E-state index >= 15 is 0 Å². The lowest BCUT2D eigenvalue weighted by atomic mass is 10.0. The smallest absolute Gasteiger partial charge is 0.0719 e. The normalized spacial score (nSPS) is 10.4. The van der Waals surface area contributed by atoms with Crippen molar-refractivity contribution in [2.24, 2.45) is 7.05 Å². The molecule has 0 unspecified atom stereocenters. The number of hydrogen-bond acceptors (Lipinski definition) is 2. The molecule has 0 fully saturated rings. The van der Waals surface area contributed by atoms with Crippen LogP contribution in [0.15, 0.2) is 34.9 Å². The molecule has 16 heavy (non-hydrogen) atoms. The second-order valence-electron chi connectivity index (χ2n) is 3.65. The number of hydrogen-bond donors (Lipinski definition) is 1. The monoisotopic (exact) mass is 277 g/mol. The Hall–Kier alpha value is -1.42. The highest BCUT2D eigenvalue weighted by Gasteiger charge is 2.11. The van der Waals surface area contributed by atoms with Gasteiger partial charge >= 0.3 is 0 Å². The van der Waals surface area contributed by atoms with Crippen molar-refractivity contribution < 1.29 is 0 Å². The van der Waals surface area contributed by atoms with E-state index < -0.39 is 0 Å². The van der Waals surface area contributed by atoms with Gasteiger partial charge in [-0.1, -0.05) is 28.1 Å². The standard InChI is InChI=1S/C12H12BrN3/c1-8-11(7-15-16(8)2)12(14)9-4-3-5-10(13)6-9/h3-7,14H,1-2H3. The van der Waals surface area contributed by atoms with Gasteiger partial charge in [-0.15, -0.1) is 0 Å². The van der Waals surface area contributed by atoms with Crippen LogP contribution in [-0.2, 0) is 7.05 Å². The van der Waals surface area contributed by atoms with Crippen molar-refractivity contribution in [2.75, 3.05) is 0 Å². The van der Waals surface area contributed by atoms with Crippen LogP contribution in [0.2, 0.25) is 0 Å². The summed E-state index contributed by atoms with van der Waals surface area (Å²) in [6.45, 7) is 1.97. The molecule has 0 radical (unpaired) electrons. The Morgan fingerprint density at radius 3 is 2.75 bits per heavy atom. The Bertz CT molecular complexity index is 543. The van der Waals surface area contributed by atoms with Gasteiger partial charge in [-0.3, -0.25) is 10.1 Å². The van der Waals surface area contributed by atoms with Gasteiger partial charge in [-0.2, -0.15) is 5.10 Å². The summed E-state index contributed by atoms with van der Waals surface area (Å²) in [7, 11) is 1.88. The maximum Gasteiger partial charge on any atom is 0.0719 e. The summed E-state index contributed by atoms with van der Waals surface area (Å²) in [5.74, 6) is 0. The van der Waals surface area contributed by atoms with Crippen LogP contribution in [-0.4, -0.2) is 15.5 Å². The summed E-state index contributed by atoms with van der Waals surface area (Å²) in [5.41, 5.74) is 3.28. The van der Waals surface area contributed by atoms with Crippen molar-refractivity contribution in [3.63, 3.8) is 0 Å². The van der Waals surface area contributed by atoms with Gasteiger partial charge < -0.3 is 0 Å². The second kappa shape index (κ2) is 4.22. The van der Waals surface area contributed by atoms with Gasteiger partial charge in [0, 0.05) is 28.3 Å². The summed E-state index contributed by atoms with van der Waals surface area (Å²) in [5, 5.41) is 12.3. The number of rotatable bonds is 2. The third-order valence-electron chi connectivity index (χ3n) is 2.62. The fourth-order valence-corrected chi connectivity index (χ4v) is 1.94. The number of benzene rings is 1. The molecule has 0 saturated heterocycles. The zero-order chi connectivity index (χ0) is 11.7. The third kappa shape index (κ3) is 1.93. The van der Waals surface area contributed by atoms with Gasteiger partial charge in [-0.05, 0) is 19.1 Å². The Morgan fingerprint density at radius 1 is 1.44 bits per heavy atom. The van der Waals surface area contributed by atoms with Crippen LogP contribution in [0.1, 0.15) is 16.8 Å². The van der Waals surface area contributed by atoms with Crippen molar-refractivity contribution in [3.05, 3.63) is 51.8 Å². The predicted octanol–water partition coefficient (Wildman–Crippen LogP) is 2.91. The first-order valence-corrected chi connectivity index (χ1v) is 5.72. The molecule has 2 rings (SSSR count). The van der Waals surface area contributed by atoms with Gasteiger partial charge in [0.25, 0.3) is 0 Å². The Balaban J connectivity index is 2.43. The number of halogens is 1. The van der Waals surface area contributed by atoms with Crippen LogP contribution in [0, 0.1) is 12.3 Å². The van der Waals surface area contributed by atoms with E-state index in [-0.39, 0.29) is 0 Å². The number of nitrogens with one attached hydrogen (secondary N) is 1. The first-order valence-electron chi connectivity index (χ1n) is 4.93. The molecule has 0 amide bonds. The van der Waals surface area contributed by atoms with Crippen LogP contribution >= 0.6 is 15.9 Å². The van der Waals surface area contributed by atoms with Crippen LogP contribution < -0.4 is 0 Å². The largest absolute Gasteiger partial charge is 0.300 e. The molecule has 0 atom stereocenters. The van der Waals surface area contributed by atoms with Crippen LogP contribution in [0.5, 0.6) is 0 Å². The molecular weight excluding hydrogens is 266 g/mol. The van der Waals surface area contributed by atoms with Crippen molar-refractivity contribution in [1.82, 2.24) is 9.78 Å². The Labute approximate surface area is 103 Å². The van der Waals surface area contributed by atoms with Gasteiger partial charge in [0.2, 0.25) is 0 Å². The predicted molar refractivity (Wildman–Crippen MR) is 68.0 cm³/mol. The SMILES string of the molecule is Cc1c(C(=N)c2cccc(Br)c2)cnn1C. The van der Waals surface area contributed by atoms with Gasteiger partial charge in [0.1, 0.15) is 0 Å². The van der Waals surface area contributed by atoms with Crippen molar-refractivity contribution >= 4 is 21.6 Å². The highest BCUT2D eigenvalue weighted by molar-refractivity contribution is 9.10. The molecule has 0 aliphatic heterocycles. The summed E-state index contributed by atoms with van der Waals surface area (Å²) >= 11 is 3.41. The molecule has 4 heteroatoms. The maximum absolute atomic E-state index is 8.15. The Kier molecular flexibility index (Phi) is 2.92. The Morgan fingerprint density at radius 2 is 2.19 bits per heavy atom. The van der Waals surface area contributed by atoms with Gasteiger partial charge in [-0.25, -0.2) is 0 Å². The van der Waals surface area contributed by atoms with Crippen LogP contribution in [0.4, 0.5) is 0 Å². The molecule has 2 aromatic rings. The molecule has 0 aliphatic rings. The molecule has 0 bridgehead atoms. The van der Waals surface area contributed by atoms with Crippen molar-refractivity contribution in [1.29, 1.82) is 5.41 Å². The lowest BCUT2D eigenvalue weighted by molar-refractivity contribution is 0.740. The van der Waals surface area contributed by atoms with Crippen LogP contribution in [0.25, 0.3) is 0 Å². The lowest BCUT2D eigenvalue weighted by Gasteiger charge is -2.04. The summed E-state index contributed by atoms with van der Waals surface area (Å²) in [4.78, 5) is 0. The third-order valence-corrected chi connectivity index (χ3v) is 3.11. The number of aryl methyl sites for hydroxylation is 1. The minimum absolute atomic E-state index is 0.506. The average Bonchev–Trinajstić information content (AvgIpc) is 2.59. The van der Waals surface area contributed by atoms with E-state index in [1.54, 1.807) is 10.9 Å². The minimum Gasteiger partial charge on any atom is -0.300 e. The summed E-state index contributed by atoms with van der Waals surface area (Å²) in [6, 6.07) is 7.75. The molecule has 0 saturated carbocycles. The zero-order valence-electron chi connectivity index (χ0n) is 9.16. The van der Waals surface area contributed by atoms with E-state index in [0.717, 1.165) is 21.3 Å². The molecule has 1 heterocycles.